The van der Waals surface area contributed by atoms with Gasteiger partial charge in [0.2, 0.25) is 10.0 Å². The smallest absolute Gasteiger partial charge is 0.251 e. The maximum Gasteiger partial charge on any atom is 0.251 e. The minimum atomic E-state index is -3.69. The molecule has 0 aliphatic heterocycles. The van der Waals surface area contributed by atoms with E-state index in [0.29, 0.717) is 5.56 Å². The highest BCUT2D eigenvalue weighted by Crippen LogP contribution is 2.22. The summed E-state index contributed by atoms with van der Waals surface area (Å²) >= 11 is 0. The third kappa shape index (κ3) is 4.80. The predicted molar refractivity (Wildman–Crippen MR) is 111 cm³/mol. The first-order valence-electron chi connectivity index (χ1n) is 9.80. The summed E-state index contributed by atoms with van der Waals surface area (Å²) in [5, 5.41) is 3.08. The van der Waals surface area contributed by atoms with Crippen molar-refractivity contribution in [1.82, 2.24) is 9.62 Å². The Hall–Kier alpha value is -2.18. The molecule has 5 nitrogen and oxygen atoms in total. The van der Waals surface area contributed by atoms with Crippen molar-refractivity contribution in [1.29, 1.82) is 0 Å². The average molecular weight is 401 g/mol. The second-order valence-corrected chi connectivity index (χ2v) is 9.58. The number of hydrogen-bond acceptors (Lipinski definition) is 3. The molecule has 1 fully saturated rings. The molecule has 0 aromatic heterocycles. The second-order valence-electron chi connectivity index (χ2n) is 7.53. The van der Waals surface area contributed by atoms with Gasteiger partial charge >= 0.3 is 0 Å². The number of carbonyl (C=O) groups is 1. The molecule has 1 aliphatic rings. The summed E-state index contributed by atoms with van der Waals surface area (Å²) in [6.45, 7) is 2.11. The molecule has 1 amide bonds. The van der Waals surface area contributed by atoms with E-state index in [-0.39, 0.29) is 23.4 Å². The van der Waals surface area contributed by atoms with Crippen LogP contribution >= 0.6 is 0 Å². The molecular formula is C22H28N2O3S. The van der Waals surface area contributed by atoms with Crippen molar-refractivity contribution in [3.63, 3.8) is 0 Å². The zero-order valence-corrected chi connectivity index (χ0v) is 17.3. The molecule has 0 unspecified atom stereocenters. The number of sulfonamides is 1. The Kier molecular flexibility index (Phi) is 6.52. The molecular weight excluding hydrogens is 372 g/mol. The first-order valence-corrected chi connectivity index (χ1v) is 11.2. The normalized spacial score (nSPS) is 15.5. The number of nitrogens with zero attached hydrogens (tertiary/aromatic N) is 1. The summed E-state index contributed by atoms with van der Waals surface area (Å²) in [6.07, 6.45) is 5.45. The summed E-state index contributed by atoms with van der Waals surface area (Å²) in [5.74, 6) is -0.188. The quantitative estimate of drug-likeness (QED) is 0.800. The molecule has 0 radical (unpaired) electrons. The van der Waals surface area contributed by atoms with Gasteiger partial charge in [-0.05, 0) is 43.0 Å². The number of nitrogens with one attached hydrogen (secondary N) is 1. The second kappa shape index (κ2) is 8.88. The maximum absolute atomic E-state index is 13.0. The van der Waals surface area contributed by atoms with Crippen molar-refractivity contribution in [2.45, 2.75) is 56.5 Å². The lowest BCUT2D eigenvalue weighted by Gasteiger charge is -2.23. The van der Waals surface area contributed by atoms with Crippen LogP contribution in [0.15, 0.2) is 53.4 Å². The van der Waals surface area contributed by atoms with E-state index in [0.717, 1.165) is 36.8 Å². The van der Waals surface area contributed by atoms with Crippen LogP contribution in [-0.2, 0) is 16.6 Å². The van der Waals surface area contributed by atoms with Crippen molar-refractivity contribution in [2.24, 2.45) is 0 Å². The Morgan fingerprint density at radius 3 is 2.43 bits per heavy atom. The Morgan fingerprint density at radius 1 is 1.07 bits per heavy atom. The zero-order chi connectivity index (χ0) is 20.1. The van der Waals surface area contributed by atoms with Crippen LogP contribution in [0.4, 0.5) is 0 Å². The molecule has 2 aromatic carbocycles. The van der Waals surface area contributed by atoms with Gasteiger partial charge in [-0.25, -0.2) is 8.42 Å². The number of benzene rings is 2. The van der Waals surface area contributed by atoms with Crippen LogP contribution in [0.25, 0.3) is 0 Å². The molecule has 150 valence electrons. The first-order chi connectivity index (χ1) is 13.4. The molecule has 0 saturated heterocycles. The molecule has 6 heteroatoms. The van der Waals surface area contributed by atoms with Crippen LogP contribution in [-0.4, -0.2) is 31.7 Å². The Bertz CT molecular complexity index is 920. The van der Waals surface area contributed by atoms with E-state index in [9.17, 15) is 13.2 Å². The minimum absolute atomic E-state index is 0.144. The van der Waals surface area contributed by atoms with Crippen molar-refractivity contribution in [3.05, 3.63) is 65.2 Å². The maximum atomic E-state index is 13.0. The van der Waals surface area contributed by atoms with Gasteiger partial charge in [0.15, 0.2) is 0 Å². The largest absolute Gasteiger partial charge is 0.349 e. The number of rotatable bonds is 6. The zero-order valence-electron chi connectivity index (χ0n) is 16.5. The number of carbonyl (C=O) groups excluding carboxylic acids is 1. The number of hydrogen-bond donors (Lipinski definition) is 1. The van der Waals surface area contributed by atoms with Gasteiger partial charge in [0.1, 0.15) is 0 Å². The molecule has 0 heterocycles. The van der Waals surface area contributed by atoms with E-state index >= 15 is 0 Å². The monoisotopic (exact) mass is 400 g/mol. The van der Waals surface area contributed by atoms with Crippen LogP contribution in [0.1, 0.15) is 53.6 Å². The van der Waals surface area contributed by atoms with Crippen LogP contribution in [0.5, 0.6) is 0 Å². The molecule has 28 heavy (non-hydrogen) atoms. The summed E-state index contributed by atoms with van der Waals surface area (Å²) in [5.41, 5.74) is 2.12. The van der Waals surface area contributed by atoms with Crippen LogP contribution < -0.4 is 5.32 Å². The summed E-state index contributed by atoms with van der Waals surface area (Å²) in [6, 6.07) is 14.4. The highest BCUT2D eigenvalue weighted by molar-refractivity contribution is 7.89. The van der Waals surface area contributed by atoms with Crippen LogP contribution in [0.2, 0.25) is 0 Å². The Labute approximate surface area is 167 Å². The van der Waals surface area contributed by atoms with Crippen molar-refractivity contribution in [3.8, 4) is 0 Å². The lowest BCUT2D eigenvalue weighted by Crippen LogP contribution is -2.36. The molecule has 1 N–H and O–H groups in total. The van der Waals surface area contributed by atoms with Crippen LogP contribution in [0.3, 0.4) is 0 Å². The van der Waals surface area contributed by atoms with Gasteiger partial charge in [-0.3, -0.25) is 4.79 Å². The van der Waals surface area contributed by atoms with Gasteiger partial charge < -0.3 is 5.32 Å². The van der Waals surface area contributed by atoms with Gasteiger partial charge in [-0.1, -0.05) is 55.7 Å². The van der Waals surface area contributed by atoms with Gasteiger partial charge in [0.05, 0.1) is 4.90 Å². The van der Waals surface area contributed by atoms with E-state index in [1.54, 1.807) is 19.2 Å². The standard InChI is InChI=1S/C22H28N2O3S/c1-17-13-14-20(15-21(17)22(25)23-19-11-7-4-8-12-19)28(26,27)24(2)16-18-9-5-3-6-10-18/h3,5-6,9-10,13-15,19H,4,7-8,11-12,16H2,1-2H3,(H,23,25). The molecule has 0 bridgehead atoms. The molecule has 1 saturated carbocycles. The minimum Gasteiger partial charge on any atom is -0.349 e. The van der Waals surface area contributed by atoms with E-state index in [1.165, 1.54) is 16.8 Å². The lowest BCUT2D eigenvalue weighted by molar-refractivity contribution is 0.0927. The predicted octanol–water partition coefficient (Wildman–Crippen LogP) is 3.88. The van der Waals surface area contributed by atoms with Gasteiger partial charge in [0.25, 0.3) is 5.91 Å². The van der Waals surface area contributed by atoms with Crippen molar-refractivity contribution in [2.75, 3.05) is 7.05 Å². The Morgan fingerprint density at radius 2 is 1.75 bits per heavy atom. The van der Waals surface area contributed by atoms with E-state index in [1.807, 2.05) is 37.3 Å². The highest BCUT2D eigenvalue weighted by Gasteiger charge is 2.24. The SMILES string of the molecule is Cc1ccc(S(=O)(=O)N(C)Cc2ccccc2)cc1C(=O)NC1CCCCC1. The number of aryl methyl sites for hydroxylation is 1. The van der Waals surface area contributed by atoms with E-state index in [4.69, 9.17) is 0 Å². The molecule has 2 aromatic rings. The van der Waals surface area contributed by atoms with Crippen LogP contribution in [0, 0.1) is 6.92 Å². The molecule has 0 atom stereocenters. The first kappa shape index (κ1) is 20.6. The van der Waals surface area contributed by atoms with E-state index < -0.39 is 10.0 Å². The van der Waals surface area contributed by atoms with Crippen molar-refractivity contribution < 1.29 is 13.2 Å². The molecule has 0 spiro atoms. The van der Waals surface area contributed by atoms with Gasteiger partial charge in [0, 0.05) is 25.2 Å². The molecule has 1 aliphatic carbocycles. The fourth-order valence-corrected chi connectivity index (χ4v) is 4.81. The lowest BCUT2D eigenvalue weighted by atomic mass is 9.95. The topological polar surface area (TPSA) is 66.5 Å². The summed E-state index contributed by atoms with van der Waals surface area (Å²) < 4.78 is 27.3. The van der Waals surface area contributed by atoms with Gasteiger partial charge in [-0.2, -0.15) is 4.31 Å². The van der Waals surface area contributed by atoms with Gasteiger partial charge in [-0.15, -0.1) is 0 Å². The summed E-state index contributed by atoms with van der Waals surface area (Å²) in [7, 11) is -2.13. The third-order valence-electron chi connectivity index (χ3n) is 5.35. The Balaban J connectivity index is 1.79. The fourth-order valence-electron chi connectivity index (χ4n) is 3.62. The van der Waals surface area contributed by atoms with Crippen molar-refractivity contribution >= 4 is 15.9 Å². The average Bonchev–Trinajstić information content (AvgIpc) is 2.69. The van der Waals surface area contributed by atoms with E-state index in [2.05, 4.69) is 5.32 Å². The fraction of sp³-hybridized carbons (Fsp3) is 0.409. The summed E-state index contributed by atoms with van der Waals surface area (Å²) in [4.78, 5) is 12.9. The number of amides is 1. The highest BCUT2D eigenvalue weighted by atomic mass is 32.2. The third-order valence-corrected chi connectivity index (χ3v) is 7.15. The molecule has 3 rings (SSSR count).